The second-order valence-electron chi connectivity index (χ2n) is 6.63. The Morgan fingerprint density at radius 1 is 0.967 bits per heavy atom. The lowest BCUT2D eigenvalue weighted by molar-refractivity contribution is -0.384. The number of nitrogens with zero attached hydrogens (tertiary/aromatic N) is 2. The molecule has 0 heterocycles. The summed E-state index contributed by atoms with van der Waals surface area (Å²) in [5.74, 6) is 0.448. The first-order valence-electron chi connectivity index (χ1n) is 9.35. The Bertz CT molecular complexity index is 1030. The molecule has 0 aliphatic heterocycles. The van der Waals surface area contributed by atoms with Gasteiger partial charge in [-0.05, 0) is 47.9 Å². The van der Waals surface area contributed by atoms with Crippen LogP contribution in [0.25, 0.3) is 0 Å². The number of nitrogens with one attached hydrogen (secondary N) is 1. The number of carbonyl (C=O) groups is 1. The van der Waals surface area contributed by atoms with E-state index in [1.807, 2.05) is 54.6 Å². The predicted molar refractivity (Wildman–Crippen MR) is 114 cm³/mol. The van der Waals surface area contributed by atoms with Crippen LogP contribution in [-0.2, 0) is 17.8 Å². The summed E-state index contributed by atoms with van der Waals surface area (Å²) in [4.78, 5) is 22.3. The summed E-state index contributed by atoms with van der Waals surface area (Å²) in [5, 5.41) is 14.8. The molecule has 0 saturated heterocycles. The molecule has 0 fully saturated rings. The molecule has 7 nitrogen and oxygen atoms in total. The number of rotatable bonds is 8. The van der Waals surface area contributed by atoms with Gasteiger partial charge in [0.05, 0.1) is 17.1 Å². The third-order valence-electron chi connectivity index (χ3n) is 4.38. The van der Waals surface area contributed by atoms with Crippen LogP contribution in [0.1, 0.15) is 23.6 Å². The van der Waals surface area contributed by atoms with Crippen molar-refractivity contribution in [2.24, 2.45) is 5.10 Å². The Labute approximate surface area is 174 Å². The number of nitro benzene ring substituents is 1. The Balaban J connectivity index is 1.51. The van der Waals surface area contributed by atoms with Gasteiger partial charge in [0.2, 0.25) is 5.91 Å². The fourth-order valence-electron chi connectivity index (χ4n) is 2.70. The average Bonchev–Trinajstić information content (AvgIpc) is 2.77. The minimum atomic E-state index is -0.477. The number of nitro groups is 1. The summed E-state index contributed by atoms with van der Waals surface area (Å²) in [7, 11) is 0. The van der Waals surface area contributed by atoms with Gasteiger partial charge in [-0.3, -0.25) is 14.9 Å². The fraction of sp³-hybridized carbons (Fsp3) is 0.130. The second-order valence-corrected chi connectivity index (χ2v) is 6.63. The van der Waals surface area contributed by atoms with E-state index in [-0.39, 0.29) is 18.0 Å². The van der Waals surface area contributed by atoms with E-state index in [2.05, 4.69) is 10.5 Å². The minimum Gasteiger partial charge on any atom is -0.489 e. The van der Waals surface area contributed by atoms with Crippen LogP contribution in [0.15, 0.2) is 84.0 Å². The van der Waals surface area contributed by atoms with Crippen LogP contribution in [0.3, 0.4) is 0 Å². The topological polar surface area (TPSA) is 93.8 Å². The molecule has 3 aromatic rings. The van der Waals surface area contributed by atoms with Crippen LogP contribution in [0.4, 0.5) is 5.69 Å². The van der Waals surface area contributed by atoms with Crippen molar-refractivity contribution in [3.8, 4) is 5.75 Å². The van der Waals surface area contributed by atoms with E-state index < -0.39 is 4.92 Å². The third kappa shape index (κ3) is 6.00. The Kier molecular flexibility index (Phi) is 6.89. The number of benzene rings is 3. The lowest BCUT2D eigenvalue weighted by Gasteiger charge is -2.08. The van der Waals surface area contributed by atoms with Crippen molar-refractivity contribution < 1.29 is 14.5 Å². The summed E-state index contributed by atoms with van der Waals surface area (Å²) >= 11 is 0. The molecule has 0 saturated carbocycles. The molecule has 152 valence electrons. The van der Waals surface area contributed by atoms with Crippen molar-refractivity contribution in [2.75, 3.05) is 0 Å². The monoisotopic (exact) mass is 403 g/mol. The predicted octanol–water partition coefficient (Wildman–Crippen LogP) is 4.26. The van der Waals surface area contributed by atoms with E-state index in [9.17, 15) is 14.9 Å². The minimum absolute atomic E-state index is 0.00998. The Hall–Kier alpha value is -4.00. The summed E-state index contributed by atoms with van der Waals surface area (Å²) in [5.41, 5.74) is 5.78. The molecule has 7 heteroatoms. The number of hydrazone groups is 1. The first-order valence-corrected chi connectivity index (χ1v) is 9.35. The molecule has 0 atom stereocenters. The highest BCUT2D eigenvalue weighted by molar-refractivity contribution is 5.99. The molecule has 0 spiro atoms. The maximum absolute atomic E-state index is 12.1. The van der Waals surface area contributed by atoms with Gasteiger partial charge < -0.3 is 4.74 Å². The molecule has 30 heavy (non-hydrogen) atoms. The van der Waals surface area contributed by atoms with Crippen molar-refractivity contribution in [1.82, 2.24) is 5.43 Å². The van der Waals surface area contributed by atoms with Crippen LogP contribution in [0, 0.1) is 10.1 Å². The first-order chi connectivity index (χ1) is 14.5. The van der Waals surface area contributed by atoms with Crippen molar-refractivity contribution in [1.29, 1.82) is 0 Å². The van der Waals surface area contributed by atoms with Crippen molar-refractivity contribution in [3.63, 3.8) is 0 Å². The van der Waals surface area contributed by atoms with Gasteiger partial charge in [-0.15, -0.1) is 0 Å². The van der Waals surface area contributed by atoms with Gasteiger partial charge in [0.15, 0.2) is 0 Å². The second kappa shape index (κ2) is 9.97. The zero-order valence-electron chi connectivity index (χ0n) is 16.4. The fourth-order valence-corrected chi connectivity index (χ4v) is 2.70. The number of non-ortho nitro benzene ring substituents is 1. The molecule has 0 unspecified atom stereocenters. The smallest absolute Gasteiger partial charge is 0.269 e. The molecule has 0 radical (unpaired) electrons. The zero-order valence-corrected chi connectivity index (χ0v) is 16.4. The van der Waals surface area contributed by atoms with Crippen molar-refractivity contribution in [3.05, 3.63) is 106 Å². The molecule has 0 bridgehead atoms. The average molecular weight is 403 g/mol. The molecular formula is C23H21N3O4. The number of ether oxygens (including phenoxy) is 1. The van der Waals surface area contributed by atoms with Crippen molar-refractivity contribution >= 4 is 17.3 Å². The van der Waals surface area contributed by atoms with Gasteiger partial charge in [0.1, 0.15) is 12.4 Å². The van der Waals surface area contributed by atoms with E-state index in [0.29, 0.717) is 17.9 Å². The molecule has 3 rings (SSSR count). The third-order valence-corrected chi connectivity index (χ3v) is 4.38. The summed E-state index contributed by atoms with van der Waals surface area (Å²) in [6.07, 6.45) is 0.0844. The van der Waals surface area contributed by atoms with Crippen LogP contribution < -0.4 is 10.2 Å². The number of carbonyl (C=O) groups excluding carboxylic acids is 1. The van der Waals surface area contributed by atoms with Crippen molar-refractivity contribution in [2.45, 2.75) is 20.0 Å². The maximum atomic E-state index is 12.1. The van der Waals surface area contributed by atoms with Crippen LogP contribution in [-0.4, -0.2) is 16.5 Å². The summed E-state index contributed by atoms with van der Waals surface area (Å²) < 4.78 is 5.76. The maximum Gasteiger partial charge on any atom is 0.269 e. The normalized spacial score (nSPS) is 11.0. The van der Waals surface area contributed by atoms with Gasteiger partial charge in [0.25, 0.3) is 5.69 Å². The molecule has 3 aromatic carbocycles. The first kappa shape index (κ1) is 20.7. The lowest BCUT2D eigenvalue weighted by Crippen LogP contribution is -2.21. The van der Waals surface area contributed by atoms with E-state index in [1.54, 1.807) is 19.1 Å². The van der Waals surface area contributed by atoms with Gasteiger partial charge in [-0.25, -0.2) is 5.43 Å². The number of hydrogen-bond acceptors (Lipinski definition) is 5. The SMILES string of the molecule is C/C(=N\NC(=O)Cc1ccc([N+](=O)[O-])cc1)c1ccc(OCc2ccccc2)cc1. The summed E-state index contributed by atoms with van der Waals surface area (Å²) in [6.45, 7) is 2.29. The quantitative estimate of drug-likeness (QED) is 0.345. The Morgan fingerprint density at radius 2 is 1.63 bits per heavy atom. The molecule has 1 N–H and O–H groups in total. The number of hydrogen-bond donors (Lipinski definition) is 1. The number of amides is 1. The molecule has 0 aliphatic rings. The van der Waals surface area contributed by atoms with E-state index in [0.717, 1.165) is 16.9 Å². The van der Waals surface area contributed by atoms with Gasteiger partial charge in [-0.1, -0.05) is 42.5 Å². The summed E-state index contributed by atoms with van der Waals surface area (Å²) in [6, 6.07) is 23.2. The van der Waals surface area contributed by atoms with E-state index in [4.69, 9.17) is 4.74 Å². The van der Waals surface area contributed by atoms with E-state index >= 15 is 0 Å². The van der Waals surface area contributed by atoms with Crippen LogP contribution in [0.2, 0.25) is 0 Å². The highest BCUT2D eigenvalue weighted by Crippen LogP contribution is 2.15. The standard InChI is InChI=1S/C23H21N3O4/c1-17(24-25-23(27)15-18-7-11-21(12-8-18)26(28)29)20-9-13-22(14-10-20)30-16-19-5-3-2-4-6-19/h2-14H,15-16H2,1H3,(H,25,27)/b24-17+. The molecule has 0 aromatic heterocycles. The largest absolute Gasteiger partial charge is 0.489 e. The zero-order chi connectivity index (χ0) is 21.3. The van der Waals surface area contributed by atoms with E-state index in [1.165, 1.54) is 12.1 Å². The Morgan fingerprint density at radius 3 is 2.27 bits per heavy atom. The van der Waals surface area contributed by atoms with Gasteiger partial charge in [0, 0.05) is 12.1 Å². The van der Waals surface area contributed by atoms with Crippen LogP contribution in [0.5, 0.6) is 5.75 Å². The molecule has 0 aliphatic carbocycles. The highest BCUT2D eigenvalue weighted by atomic mass is 16.6. The molecular weight excluding hydrogens is 382 g/mol. The van der Waals surface area contributed by atoms with Gasteiger partial charge >= 0.3 is 0 Å². The van der Waals surface area contributed by atoms with Gasteiger partial charge in [-0.2, -0.15) is 5.10 Å². The molecule has 1 amide bonds. The van der Waals surface area contributed by atoms with Crippen LogP contribution >= 0.6 is 0 Å². The highest BCUT2D eigenvalue weighted by Gasteiger charge is 2.07. The lowest BCUT2D eigenvalue weighted by atomic mass is 10.1.